The van der Waals surface area contributed by atoms with Crippen LogP contribution < -0.4 is 5.32 Å². The van der Waals surface area contributed by atoms with E-state index in [2.05, 4.69) is 34.7 Å². The molecule has 3 rings (SSSR count). The molecule has 0 bridgehead atoms. The topological polar surface area (TPSA) is 46.9 Å². The third-order valence-electron chi connectivity index (χ3n) is 4.76. The highest BCUT2D eigenvalue weighted by atomic mass is 16.1. The first kappa shape index (κ1) is 20.6. The van der Waals surface area contributed by atoms with Crippen LogP contribution in [0.2, 0.25) is 0 Å². The summed E-state index contributed by atoms with van der Waals surface area (Å²) < 4.78 is 2.27. The number of benzene rings is 2. The van der Waals surface area contributed by atoms with Crippen LogP contribution in [0.25, 0.3) is 17.1 Å². The second kappa shape index (κ2) is 10.4. The van der Waals surface area contributed by atoms with E-state index in [1.165, 1.54) is 5.52 Å². The summed E-state index contributed by atoms with van der Waals surface area (Å²) in [5.41, 5.74) is 4.37. The van der Waals surface area contributed by atoms with Gasteiger partial charge in [-0.2, -0.15) is 0 Å². The molecule has 0 unspecified atom stereocenters. The molecule has 0 radical (unpaired) electrons. The fourth-order valence-electron chi connectivity index (χ4n) is 3.35. The Kier molecular flexibility index (Phi) is 7.40. The SMILES string of the molecule is C=C(C)Cn1c(CCCCCNC(=O)/C=C/c2ccccc2)nc2ccccc21. The van der Waals surface area contributed by atoms with E-state index in [9.17, 15) is 4.79 Å². The molecule has 0 aliphatic carbocycles. The summed E-state index contributed by atoms with van der Waals surface area (Å²) in [5.74, 6) is 1.07. The third-order valence-corrected chi connectivity index (χ3v) is 4.76. The number of hydrogen-bond donors (Lipinski definition) is 1. The molecule has 0 spiro atoms. The van der Waals surface area contributed by atoms with Crippen LogP contribution in [0.5, 0.6) is 0 Å². The van der Waals surface area contributed by atoms with Gasteiger partial charge in [0, 0.05) is 25.6 Å². The fourth-order valence-corrected chi connectivity index (χ4v) is 3.35. The van der Waals surface area contributed by atoms with Crippen LogP contribution in [0.15, 0.2) is 72.8 Å². The minimum Gasteiger partial charge on any atom is -0.353 e. The van der Waals surface area contributed by atoms with Crippen molar-refractivity contribution in [1.82, 2.24) is 14.9 Å². The molecular formula is C25H29N3O. The lowest BCUT2D eigenvalue weighted by atomic mass is 10.2. The van der Waals surface area contributed by atoms with Crippen LogP contribution in [0, 0.1) is 0 Å². The number of nitrogens with zero attached hydrogens (tertiary/aromatic N) is 2. The average molecular weight is 388 g/mol. The van der Waals surface area contributed by atoms with Crippen LogP contribution in [0.1, 0.15) is 37.6 Å². The molecule has 0 atom stereocenters. The largest absolute Gasteiger partial charge is 0.353 e. The van der Waals surface area contributed by atoms with Crippen LogP contribution in [-0.4, -0.2) is 22.0 Å². The summed E-state index contributed by atoms with van der Waals surface area (Å²) in [6, 6.07) is 18.1. The number of fused-ring (bicyclic) bond motifs is 1. The van der Waals surface area contributed by atoms with Crippen molar-refractivity contribution in [3.63, 3.8) is 0 Å². The molecule has 1 amide bonds. The molecule has 0 aliphatic heterocycles. The standard InChI is InChI=1S/C25H29N3O/c1-20(2)19-28-23-14-9-8-13-22(23)27-24(28)15-7-4-10-18-26-25(29)17-16-21-11-5-3-6-12-21/h3,5-6,8-9,11-14,16-17H,1,4,7,10,15,18-19H2,2H3,(H,26,29)/b17-16+. The zero-order valence-corrected chi connectivity index (χ0v) is 17.1. The first-order valence-corrected chi connectivity index (χ1v) is 10.2. The number of imidazole rings is 1. The molecular weight excluding hydrogens is 358 g/mol. The zero-order valence-electron chi connectivity index (χ0n) is 17.1. The Labute approximate surface area is 173 Å². The monoisotopic (exact) mass is 387 g/mol. The van der Waals surface area contributed by atoms with Gasteiger partial charge in [0.15, 0.2) is 0 Å². The zero-order chi connectivity index (χ0) is 20.5. The van der Waals surface area contributed by atoms with Gasteiger partial charge in [0.1, 0.15) is 5.82 Å². The average Bonchev–Trinajstić information content (AvgIpc) is 3.06. The van der Waals surface area contributed by atoms with Gasteiger partial charge in [-0.05, 0) is 43.5 Å². The second-order valence-corrected chi connectivity index (χ2v) is 7.41. The Hall–Kier alpha value is -3.14. The van der Waals surface area contributed by atoms with Crippen LogP contribution in [0.3, 0.4) is 0 Å². The van der Waals surface area contributed by atoms with Crippen LogP contribution in [0.4, 0.5) is 0 Å². The minimum absolute atomic E-state index is 0.0443. The van der Waals surface area contributed by atoms with E-state index in [0.29, 0.717) is 6.54 Å². The maximum Gasteiger partial charge on any atom is 0.243 e. The highest BCUT2D eigenvalue weighted by molar-refractivity contribution is 5.91. The number of aromatic nitrogens is 2. The van der Waals surface area contributed by atoms with Gasteiger partial charge >= 0.3 is 0 Å². The van der Waals surface area contributed by atoms with Crippen molar-refractivity contribution in [2.45, 2.75) is 39.2 Å². The number of amides is 1. The van der Waals surface area contributed by atoms with Gasteiger partial charge in [0.2, 0.25) is 5.91 Å². The molecule has 0 saturated heterocycles. The molecule has 29 heavy (non-hydrogen) atoms. The normalized spacial score (nSPS) is 11.2. The number of nitrogens with one attached hydrogen (secondary N) is 1. The lowest BCUT2D eigenvalue weighted by Gasteiger charge is -2.09. The van der Waals surface area contributed by atoms with Crippen molar-refractivity contribution in [2.24, 2.45) is 0 Å². The van der Waals surface area contributed by atoms with Gasteiger partial charge < -0.3 is 9.88 Å². The van der Waals surface area contributed by atoms with Crippen molar-refractivity contribution in [3.8, 4) is 0 Å². The van der Waals surface area contributed by atoms with Gasteiger partial charge in [-0.3, -0.25) is 4.79 Å². The van der Waals surface area contributed by atoms with Gasteiger partial charge in [0.05, 0.1) is 11.0 Å². The Morgan fingerprint density at radius 1 is 1.07 bits per heavy atom. The van der Waals surface area contributed by atoms with Crippen LogP contribution in [-0.2, 0) is 17.8 Å². The number of unbranched alkanes of at least 4 members (excludes halogenated alkanes) is 2. The molecule has 4 nitrogen and oxygen atoms in total. The maximum atomic E-state index is 11.9. The van der Waals surface area contributed by atoms with E-state index >= 15 is 0 Å². The van der Waals surface area contributed by atoms with E-state index in [1.54, 1.807) is 6.08 Å². The number of para-hydroxylation sites is 2. The number of aryl methyl sites for hydroxylation is 1. The molecule has 0 saturated carbocycles. The highest BCUT2D eigenvalue weighted by Gasteiger charge is 2.10. The van der Waals surface area contributed by atoms with Crippen molar-refractivity contribution in [1.29, 1.82) is 0 Å². The number of rotatable bonds is 10. The van der Waals surface area contributed by atoms with Gasteiger partial charge in [-0.15, -0.1) is 0 Å². The Balaban J connectivity index is 1.42. The molecule has 4 heteroatoms. The number of carbonyl (C=O) groups is 1. The van der Waals surface area contributed by atoms with E-state index in [0.717, 1.165) is 54.7 Å². The lowest BCUT2D eigenvalue weighted by molar-refractivity contribution is -0.116. The molecule has 1 N–H and O–H groups in total. The van der Waals surface area contributed by atoms with Crippen LogP contribution >= 0.6 is 0 Å². The van der Waals surface area contributed by atoms with E-state index in [4.69, 9.17) is 4.98 Å². The quantitative estimate of drug-likeness (QED) is 0.297. The molecule has 2 aromatic carbocycles. The van der Waals surface area contributed by atoms with Gasteiger partial charge in [-0.1, -0.05) is 61.0 Å². The number of hydrogen-bond acceptors (Lipinski definition) is 2. The Bertz CT molecular complexity index is 986. The van der Waals surface area contributed by atoms with E-state index < -0.39 is 0 Å². The predicted molar refractivity (Wildman–Crippen MR) is 121 cm³/mol. The first-order chi connectivity index (χ1) is 14.1. The third kappa shape index (κ3) is 6.18. The molecule has 1 heterocycles. The highest BCUT2D eigenvalue weighted by Crippen LogP contribution is 2.19. The Morgan fingerprint density at radius 2 is 1.83 bits per heavy atom. The summed E-state index contributed by atoms with van der Waals surface area (Å²) in [6.45, 7) is 7.60. The second-order valence-electron chi connectivity index (χ2n) is 7.41. The van der Waals surface area contributed by atoms with Gasteiger partial charge in [0.25, 0.3) is 0 Å². The lowest BCUT2D eigenvalue weighted by Crippen LogP contribution is -2.22. The summed E-state index contributed by atoms with van der Waals surface area (Å²) in [6.07, 6.45) is 7.43. The number of carbonyl (C=O) groups excluding carboxylic acids is 1. The fraction of sp³-hybridized carbons (Fsp3) is 0.280. The van der Waals surface area contributed by atoms with E-state index in [-0.39, 0.29) is 5.91 Å². The first-order valence-electron chi connectivity index (χ1n) is 10.2. The summed E-state index contributed by atoms with van der Waals surface area (Å²) in [5, 5.41) is 2.95. The van der Waals surface area contributed by atoms with Crippen molar-refractivity contribution < 1.29 is 4.79 Å². The van der Waals surface area contributed by atoms with Crippen molar-refractivity contribution in [2.75, 3.05) is 6.54 Å². The smallest absolute Gasteiger partial charge is 0.243 e. The molecule has 0 aliphatic rings. The summed E-state index contributed by atoms with van der Waals surface area (Å²) in [4.78, 5) is 16.7. The Morgan fingerprint density at radius 3 is 2.62 bits per heavy atom. The molecule has 150 valence electrons. The summed E-state index contributed by atoms with van der Waals surface area (Å²) in [7, 11) is 0. The molecule has 3 aromatic rings. The minimum atomic E-state index is -0.0443. The molecule has 0 fully saturated rings. The van der Waals surface area contributed by atoms with Crippen molar-refractivity contribution in [3.05, 3.63) is 84.2 Å². The summed E-state index contributed by atoms with van der Waals surface area (Å²) >= 11 is 0. The van der Waals surface area contributed by atoms with E-state index in [1.807, 2.05) is 49.4 Å². The maximum absolute atomic E-state index is 11.9. The van der Waals surface area contributed by atoms with Gasteiger partial charge in [-0.25, -0.2) is 4.98 Å². The number of allylic oxidation sites excluding steroid dienone is 1. The molecule has 1 aromatic heterocycles. The van der Waals surface area contributed by atoms with Crippen molar-refractivity contribution >= 4 is 23.0 Å². The predicted octanol–water partition coefficient (Wildman–Crippen LogP) is 5.15.